The first kappa shape index (κ1) is 18.2. The maximum atomic E-state index is 10.4. The molecule has 96 valence electrons. The Labute approximate surface area is 136 Å². The minimum absolute atomic E-state index is 0. The summed E-state index contributed by atoms with van der Waals surface area (Å²) in [6.07, 6.45) is 3.45. The molecule has 0 spiro atoms. The van der Waals surface area contributed by atoms with Crippen molar-refractivity contribution < 1.29 is 24.3 Å². The fraction of sp³-hybridized carbons (Fsp3) is 0. The van der Waals surface area contributed by atoms with Crippen LogP contribution in [-0.4, -0.2) is 10.2 Å². The summed E-state index contributed by atoms with van der Waals surface area (Å²) in [4.78, 5) is 14.2. The van der Waals surface area contributed by atoms with Gasteiger partial charge in [0.05, 0.1) is 11.6 Å². The van der Waals surface area contributed by atoms with Crippen molar-refractivity contribution in [3.8, 4) is 6.07 Å². The number of hydrogen-bond donors (Lipinski definition) is 1. The molecule has 1 amide bonds. The van der Waals surface area contributed by atoms with E-state index in [9.17, 15) is 4.79 Å². The van der Waals surface area contributed by atoms with Gasteiger partial charge in [-0.05, 0) is 18.3 Å². The molecule has 2 aromatic rings. The molecule has 0 saturated heterocycles. The standard InChI is InChI=1S/C8H6N2OS.C6H6N.Zn/c9-5-6-1-3-7(4-2-6)10-8(11)12;1-6-3-2-4-7-5-6;/h1-4H,(H2,10,11,12);2-5H,1H2;/q;-1;+2/p-1. The Kier molecular flexibility index (Phi) is 9.11. The van der Waals surface area contributed by atoms with Crippen LogP contribution >= 0.6 is 12.6 Å². The number of aromatic nitrogens is 1. The van der Waals surface area contributed by atoms with E-state index in [0.29, 0.717) is 11.3 Å². The van der Waals surface area contributed by atoms with Gasteiger partial charge in [0.2, 0.25) is 0 Å². The van der Waals surface area contributed by atoms with Crippen molar-refractivity contribution in [1.82, 2.24) is 4.98 Å². The smallest absolute Gasteiger partial charge is 0.618 e. The summed E-state index contributed by atoms with van der Waals surface area (Å²) in [5.41, 5.74) is 2.01. The predicted molar refractivity (Wildman–Crippen MR) is 77.3 cm³/mol. The average molecular weight is 335 g/mol. The monoisotopic (exact) mass is 333 g/mol. The number of hydrogen-bond acceptors (Lipinski definition) is 3. The third kappa shape index (κ3) is 7.57. The van der Waals surface area contributed by atoms with Crippen LogP contribution in [0.2, 0.25) is 0 Å². The van der Waals surface area contributed by atoms with Gasteiger partial charge in [0.1, 0.15) is 5.24 Å². The van der Waals surface area contributed by atoms with Gasteiger partial charge < -0.3 is 15.1 Å². The van der Waals surface area contributed by atoms with Crippen molar-refractivity contribution in [2.24, 2.45) is 0 Å². The molecule has 0 bridgehead atoms. The molecular weight excluding hydrogens is 324 g/mol. The van der Waals surface area contributed by atoms with Gasteiger partial charge in [0.25, 0.3) is 0 Å². The SMILES string of the molecule is N#Cc1ccc([N-]C(=O)S)cc1.[CH2-]c1cccnc1.[Zn+2]. The molecule has 0 aliphatic heterocycles. The summed E-state index contributed by atoms with van der Waals surface area (Å²) in [5, 5.41) is 11.5. The second kappa shape index (κ2) is 10.0. The van der Waals surface area contributed by atoms with Crippen molar-refractivity contribution in [1.29, 1.82) is 5.26 Å². The number of amides is 1. The van der Waals surface area contributed by atoms with Crippen molar-refractivity contribution in [2.45, 2.75) is 0 Å². The van der Waals surface area contributed by atoms with Crippen molar-refractivity contribution in [3.63, 3.8) is 0 Å². The largest absolute Gasteiger partial charge is 2.00 e. The molecule has 0 aliphatic carbocycles. The third-order valence-corrected chi connectivity index (χ3v) is 2.04. The van der Waals surface area contributed by atoms with Crippen LogP contribution < -0.4 is 0 Å². The summed E-state index contributed by atoms with van der Waals surface area (Å²) in [5.74, 6) is 0. The van der Waals surface area contributed by atoms with Crippen LogP contribution in [0.1, 0.15) is 11.1 Å². The van der Waals surface area contributed by atoms with E-state index in [-0.39, 0.29) is 19.5 Å². The van der Waals surface area contributed by atoms with Gasteiger partial charge in [-0.15, -0.1) is 24.4 Å². The van der Waals surface area contributed by atoms with Crippen LogP contribution in [0.25, 0.3) is 5.32 Å². The van der Waals surface area contributed by atoms with E-state index < -0.39 is 5.24 Å². The van der Waals surface area contributed by atoms with E-state index in [4.69, 9.17) is 5.26 Å². The predicted octanol–water partition coefficient (Wildman–Crippen LogP) is 3.87. The van der Waals surface area contributed by atoms with Crippen LogP contribution in [0.3, 0.4) is 0 Å². The molecule has 0 saturated carbocycles. The molecule has 1 aromatic heterocycles. The fourth-order valence-corrected chi connectivity index (χ4v) is 1.23. The first-order chi connectivity index (χ1) is 9.11. The number of nitrogens with zero attached hydrogens (tertiary/aromatic N) is 3. The van der Waals surface area contributed by atoms with Crippen molar-refractivity contribution in [2.75, 3.05) is 0 Å². The zero-order chi connectivity index (χ0) is 14.1. The normalized spacial score (nSPS) is 8.20. The van der Waals surface area contributed by atoms with E-state index in [0.717, 1.165) is 5.56 Å². The summed E-state index contributed by atoms with van der Waals surface area (Å²) >= 11 is 3.49. The molecule has 0 fully saturated rings. The molecule has 0 atom stereocenters. The summed E-state index contributed by atoms with van der Waals surface area (Å²) in [6, 6.07) is 12.1. The molecule has 1 heterocycles. The molecule has 0 unspecified atom stereocenters. The maximum Gasteiger partial charge on any atom is 2.00 e. The zero-order valence-corrected chi connectivity index (χ0v) is 14.6. The molecule has 2 rings (SSSR count). The summed E-state index contributed by atoms with van der Waals surface area (Å²) in [6.45, 7) is 3.66. The second-order valence-corrected chi connectivity index (χ2v) is 3.80. The zero-order valence-electron chi connectivity index (χ0n) is 10.7. The Balaban J connectivity index is 0.000000387. The topological polar surface area (TPSA) is 67.8 Å². The van der Waals surface area contributed by atoms with Gasteiger partial charge in [0, 0.05) is 0 Å². The van der Waals surface area contributed by atoms with E-state index >= 15 is 0 Å². The Morgan fingerprint density at radius 3 is 2.30 bits per heavy atom. The van der Waals surface area contributed by atoms with E-state index in [1.807, 2.05) is 18.2 Å². The van der Waals surface area contributed by atoms with Crippen LogP contribution in [0.5, 0.6) is 0 Å². The Hall–Kier alpha value is -1.83. The molecular formula is C14H11N3OSZn. The molecule has 6 heteroatoms. The molecule has 0 N–H and O–H groups in total. The van der Waals surface area contributed by atoms with Crippen LogP contribution in [-0.2, 0) is 19.5 Å². The quantitative estimate of drug-likeness (QED) is 0.489. The van der Waals surface area contributed by atoms with Gasteiger partial charge in [-0.3, -0.25) is 0 Å². The number of benzene rings is 1. The van der Waals surface area contributed by atoms with Crippen molar-refractivity contribution >= 4 is 23.6 Å². The molecule has 20 heavy (non-hydrogen) atoms. The van der Waals surface area contributed by atoms with Gasteiger partial charge >= 0.3 is 19.5 Å². The molecule has 1 aromatic carbocycles. The third-order valence-electron chi connectivity index (χ3n) is 1.94. The first-order valence-electron chi connectivity index (χ1n) is 5.28. The second-order valence-electron chi connectivity index (χ2n) is 3.41. The van der Waals surface area contributed by atoms with E-state index in [1.165, 1.54) is 0 Å². The van der Waals surface area contributed by atoms with Gasteiger partial charge in [-0.2, -0.15) is 23.8 Å². The van der Waals surface area contributed by atoms with Crippen molar-refractivity contribution in [3.05, 3.63) is 72.2 Å². The fourth-order valence-electron chi connectivity index (χ4n) is 1.12. The van der Waals surface area contributed by atoms with Gasteiger partial charge in [0.15, 0.2) is 0 Å². The Morgan fingerprint density at radius 1 is 1.30 bits per heavy atom. The number of thiol groups is 1. The number of pyridine rings is 1. The molecule has 0 aliphatic rings. The average Bonchev–Trinajstić information content (AvgIpc) is 2.40. The summed E-state index contributed by atoms with van der Waals surface area (Å²) in [7, 11) is 0. The first-order valence-corrected chi connectivity index (χ1v) is 5.73. The number of carbonyl (C=O) groups excluding carboxylic acids is 1. The minimum Gasteiger partial charge on any atom is -0.618 e. The molecule has 4 nitrogen and oxygen atoms in total. The van der Waals surface area contributed by atoms with Crippen LogP contribution in [0, 0.1) is 18.3 Å². The molecule has 0 radical (unpaired) electrons. The Morgan fingerprint density at radius 2 is 1.95 bits per heavy atom. The maximum absolute atomic E-state index is 10.4. The number of carbonyl (C=O) groups is 1. The minimum atomic E-state index is -0.542. The number of nitriles is 1. The summed E-state index contributed by atoms with van der Waals surface area (Å²) < 4.78 is 0. The van der Waals surface area contributed by atoms with E-state index in [2.05, 4.69) is 29.9 Å². The van der Waals surface area contributed by atoms with Gasteiger partial charge in [-0.25, -0.2) is 0 Å². The van der Waals surface area contributed by atoms with Crippen LogP contribution in [0.15, 0.2) is 48.8 Å². The van der Waals surface area contributed by atoms with E-state index in [1.54, 1.807) is 36.7 Å². The Bertz CT molecular complexity index is 567. The van der Waals surface area contributed by atoms with Crippen LogP contribution in [0.4, 0.5) is 10.5 Å². The number of rotatable bonds is 1. The van der Waals surface area contributed by atoms with Gasteiger partial charge in [-0.1, -0.05) is 18.3 Å².